The molecule has 1 aromatic heterocycles. The van der Waals surface area contributed by atoms with Gasteiger partial charge in [0.25, 0.3) is 0 Å². The molecule has 2 aromatic carbocycles. The second-order valence-corrected chi connectivity index (χ2v) is 5.73. The monoisotopic (exact) mass is 346 g/mol. The van der Waals surface area contributed by atoms with Crippen molar-refractivity contribution in [3.63, 3.8) is 0 Å². The molecule has 0 aliphatic rings. The minimum absolute atomic E-state index is 0.396. The molecule has 116 valence electrons. The molecular formula is C16H12Cl2N4O. The van der Waals surface area contributed by atoms with Crippen LogP contribution in [0.4, 0.5) is 0 Å². The van der Waals surface area contributed by atoms with Crippen LogP contribution < -0.4 is 5.69 Å². The van der Waals surface area contributed by atoms with Gasteiger partial charge in [0.05, 0.1) is 6.21 Å². The predicted octanol–water partition coefficient (Wildman–Crippen LogP) is 3.35. The number of hydrogen-bond donors (Lipinski definition) is 1. The molecule has 0 saturated heterocycles. The van der Waals surface area contributed by atoms with Crippen LogP contribution in [0.15, 0.2) is 58.4 Å². The molecule has 3 rings (SSSR count). The van der Waals surface area contributed by atoms with Crippen molar-refractivity contribution in [2.45, 2.75) is 6.42 Å². The highest BCUT2D eigenvalue weighted by Gasteiger charge is 2.08. The molecule has 0 spiro atoms. The van der Waals surface area contributed by atoms with Crippen LogP contribution in [-0.2, 0) is 6.42 Å². The Bertz CT molecular complexity index is 897. The van der Waals surface area contributed by atoms with E-state index in [1.165, 1.54) is 4.68 Å². The second-order valence-electron chi connectivity index (χ2n) is 4.86. The number of H-pyrrole nitrogens is 1. The average Bonchev–Trinajstić information content (AvgIpc) is 2.87. The molecule has 0 amide bonds. The first-order chi connectivity index (χ1) is 11.1. The van der Waals surface area contributed by atoms with Gasteiger partial charge in [0.1, 0.15) is 0 Å². The zero-order valence-electron chi connectivity index (χ0n) is 11.9. The zero-order valence-corrected chi connectivity index (χ0v) is 13.4. The van der Waals surface area contributed by atoms with Crippen LogP contribution in [0.25, 0.3) is 0 Å². The summed E-state index contributed by atoms with van der Waals surface area (Å²) in [5, 5.41) is 11.9. The Labute approximate surface area is 142 Å². The number of rotatable bonds is 4. The molecule has 23 heavy (non-hydrogen) atoms. The largest absolute Gasteiger partial charge is 0.364 e. The fourth-order valence-corrected chi connectivity index (χ4v) is 2.40. The average molecular weight is 347 g/mol. The lowest BCUT2D eigenvalue weighted by Gasteiger charge is -2.01. The Hall–Kier alpha value is -2.37. The second kappa shape index (κ2) is 6.81. The van der Waals surface area contributed by atoms with Gasteiger partial charge in [0.15, 0.2) is 5.82 Å². The summed E-state index contributed by atoms with van der Waals surface area (Å²) in [7, 11) is 0. The van der Waals surface area contributed by atoms with Gasteiger partial charge in [0.2, 0.25) is 0 Å². The number of benzene rings is 2. The Morgan fingerprint density at radius 1 is 1.13 bits per heavy atom. The van der Waals surface area contributed by atoms with E-state index in [1.807, 2.05) is 30.3 Å². The summed E-state index contributed by atoms with van der Waals surface area (Å²) in [6, 6.07) is 14.5. The first-order valence-electron chi connectivity index (χ1n) is 6.82. The quantitative estimate of drug-likeness (QED) is 0.736. The van der Waals surface area contributed by atoms with Gasteiger partial charge < -0.3 is 0 Å². The molecule has 1 heterocycles. The fraction of sp³-hybridized carbons (Fsp3) is 0.0625. The Kier molecular flexibility index (Phi) is 4.60. The third-order valence-electron chi connectivity index (χ3n) is 3.16. The van der Waals surface area contributed by atoms with E-state index in [9.17, 15) is 4.79 Å². The van der Waals surface area contributed by atoms with Crippen LogP contribution in [-0.4, -0.2) is 21.1 Å². The predicted molar refractivity (Wildman–Crippen MR) is 91.5 cm³/mol. The van der Waals surface area contributed by atoms with Crippen molar-refractivity contribution in [2.24, 2.45) is 5.10 Å². The summed E-state index contributed by atoms with van der Waals surface area (Å²) >= 11 is 11.8. The van der Waals surface area contributed by atoms with E-state index in [-0.39, 0.29) is 0 Å². The lowest BCUT2D eigenvalue weighted by Crippen LogP contribution is -2.15. The van der Waals surface area contributed by atoms with E-state index >= 15 is 0 Å². The SMILES string of the molecule is O=c1[nH]nc(Cc2cccc(Cl)c2)n1N=Cc1ccc(Cl)cc1. The van der Waals surface area contributed by atoms with Crippen molar-refractivity contribution in [1.82, 2.24) is 14.9 Å². The summed E-state index contributed by atoms with van der Waals surface area (Å²) in [5.41, 5.74) is 1.38. The number of nitrogens with one attached hydrogen (secondary N) is 1. The standard InChI is InChI=1S/C16H12Cl2N4O/c17-13-6-4-11(5-7-13)10-19-22-15(20-21-16(22)23)9-12-2-1-3-14(18)8-12/h1-8,10H,9H2,(H,21,23). The highest BCUT2D eigenvalue weighted by molar-refractivity contribution is 6.30. The Balaban J connectivity index is 1.87. The Morgan fingerprint density at radius 3 is 2.65 bits per heavy atom. The summed E-state index contributed by atoms with van der Waals surface area (Å²) < 4.78 is 1.23. The van der Waals surface area contributed by atoms with Crippen LogP contribution >= 0.6 is 23.2 Å². The minimum atomic E-state index is -0.396. The van der Waals surface area contributed by atoms with Crippen molar-refractivity contribution in [3.05, 3.63) is 86.0 Å². The van der Waals surface area contributed by atoms with Crippen LogP contribution in [0.5, 0.6) is 0 Å². The van der Waals surface area contributed by atoms with Crippen LogP contribution in [0.2, 0.25) is 10.0 Å². The highest BCUT2D eigenvalue weighted by Crippen LogP contribution is 2.13. The van der Waals surface area contributed by atoms with E-state index in [1.54, 1.807) is 24.4 Å². The zero-order chi connectivity index (χ0) is 16.2. The third-order valence-corrected chi connectivity index (χ3v) is 3.65. The number of nitrogens with zero attached hydrogens (tertiary/aromatic N) is 3. The molecule has 0 bridgehead atoms. The molecule has 0 radical (unpaired) electrons. The normalized spacial score (nSPS) is 11.2. The first kappa shape index (κ1) is 15.5. The van der Waals surface area contributed by atoms with Gasteiger partial charge in [-0.15, -0.1) is 0 Å². The fourth-order valence-electron chi connectivity index (χ4n) is 2.06. The van der Waals surface area contributed by atoms with Crippen LogP contribution in [0.3, 0.4) is 0 Å². The number of aromatic nitrogens is 3. The van der Waals surface area contributed by atoms with Crippen molar-refractivity contribution in [3.8, 4) is 0 Å². The van der Waals surface area contributed by atoms with E-state index in [0.717, 1.165) is 11.1 Å². The summed E-state index contributed by atoms with van der Waals surface area (Å²) in [5.74, 6) is 0.502. The van der Waals surface area contributed by atoms with E-state index in [2.05, 4.69) is 15.3 Å². The molecule has 0 atom stereocenters. The lowest BCUT2D eigenvalue weighted by molar-refractivity contribution is 0.775. The topological polar surface area (TPSA) is 63.0 Å². The maximum Gasteiger partial charge on any atom is 0.364 e. The van der Waals surface area contributed by atoms with Crippen LogP contribution in [0, 0.1) is 0 Å². The minimum Gasteiger partial charge on any atom is -0.244 e. The Morgan fingerprint density at radius 2 is 1.91 bits per heavy atom. The molecule has 3 aromatic rings. The molecule has 1 N–H and O–H groups in total. The van der Waals surface area contributed by atoms with Gasteiger partial charge in [-0.2, -0.15) is 14.9 Å². The highest BCUT2D eigenvalue weighted by atomic mass is 35.5. The van der Waals surface area contributed by atoms with Gasteiger partial charge in [-0.1, -0.05) is 47.5 Å². The van der Waals surface area contributed by atoms with Gasteiger partial charge in [-0.25, -0.2) is 9.89 Å². The van der Waals surface area contributed by atoms with Gasteiger partial charge in [-0.05, 0) is 35.4 Å². The van der Waals surface area contributed by atoms with E-state index in [4.69, 9.17) is 23.2 Å². The number of halogens is 2. The van der Waals surface area contributed by atoms with Crippen molar-refractivity contribution in [2.75, 3.05) is 0 Å². The lowest BCUT2D eigenvalue weighted by atomic mass is 10.1. The summed E-state index contributed by atoms with van der Waals surface area (Å²) in [4.78, 5) is 11.9. The molecule has 0 unspecified atom stereocenters. The van der Waals surface area contributed by atoms with Gasteiger partial charge in [-0.3, -0.25) is 0 Å². The smallest absolute Gasteiger partial charge is 0.244 e. The van der Waals surface area contributed by atoms with Gasteiger partial charge in [0, 0.05) is 16.5 Å². The summed E-state index contributed by atoms with van der Waals surface area (Å²) in [6.07, 6.45) is 2.02. The van der Waals surface area contributed by atoms with Crippen molar-refractivity contribution in [1.29, 1.82) is 0 Å². The number of hydrogen-bond acceptors (Lipinski definition) is 3. The molecule has 0 saturated carbocycles. The third kappa shape index (κ3) is 3.88. The van der Waals surface area contributed by atoms with Crippen molar-refractivity contribution >= 4 is 29.4 Å². The maximum atomic E-state index is 11.9. The van der Waals surface area contributed by atoms with Gasteiger partial charge >= 0.3 is 5.69 Å². The molecule has 0 aliphatic heterocycles. The molecule has 5 nitrogen and oxygen atoms in total. The van der Waals surface area contributed by atoms with Crippen LogP contribution in [0.1, 0.15) is 17.0 Å². The maximum absolute atomic E-state index is 11.9. The molecular weight excluding hydrogens is 335 g/mol. The summed E-state index contributed by atoms with van der Waals surface area (Å²) in [6.45, 7) is 0. The molecule has 0 aliphatic carbocycles. The van der Waals surface area contributed by atoms with E-state index in [0.29, 0.717) is 22.3 Å². The number of aromatic amines is 1. The first-order valence-corrected chi connectivity index (χ1v) is 7.58. The molecule has 0 fully saturated rings. The van der Waals surface area contributed by atoms with E-state index < -0.39 is 5.69 Å². The van der Waals surface area contributed by atoms with Crippen molar-refractivity contribution < 1.29 is 0 Å². The molecule has 7 heteroatoms.